The number of carbonyl (C=O) groups is 2. The van der Waals surface area contributed by atoms with Crippen molar-refractivity contribution in [2.75, 3.05) is 139 Å². The molecule has 1 aliphatic heterocycles. The Morgan fingerprint density at radius 3 is 1.27 bits per heavy atom. The molecule has 17 nitrogen and oxygen atoms in total. The minimum Gasteiger partial charge on any atom is -0.491 e. The van der Waals surface area contributed by atoms with Crippen molar-refractivity contribution in [3.05, 3.63) is 144 Å². The molecule has 4 bridgehead atoms. The number of fused-ring (bicyclic) bond motifs is 7. The maximum Gasteiger partial charge on any atom is 0.407 e. The van der Waals surface area contributed by atoms with Gasteiger partial charge in [0.2, 0.25) is 0 Å². The number of rotatable bonds is 8. The molecule has 5 aromatic carbocycles. The fraction of sp³-hybridized carbons (Fsp3) is 0.439. The number of esters is 1. The van der Waals surface area contributed by atoms with Crippen LogP contribution in [0.5, 0.6) is 23.0 Å². The van der Waals surface area contributed by atoms with Crippen LogP contribution in [0.4, 0.5) is 4.79 Å². The van der Waals surface area contributed by atoms with Gasteiger partial charge in [-0.1, -0.05) is 84.9 Å². The Morgan fingerprint density at radius 2 is 0.811 bits per heavy atom. The van der Waals surface area contributed by atoms with Gasteiger partial charge in [-0.3, -0.25) is 0 Å². The van der Waals surface area contributed by atoms with Gasteiger partial charge in [0.25, 0.3) is 0 Å². The number of nitrogens with one attached hydrogen (secondary N) is 1. The molecule has 2 aliphatic rings. The molecule has 1 amide bonds. The van der Waals surface area contributed by atoms with Gasteiger partial charge in [-0.05, 0) is 57.6 Å². The van der Waals surface area contributed by atoms with Crippen molar-refractivity contribution in [3.63, 3.8) is 0 Å². The highest BCUT2D eigenvalue weighted by Crippen LogP contribution is 2.44. The maximum atomic E-state index is 13.9. The van der Waals surface area contributed by atoms with E-state index in [4.69, 9.17) is 66.3 Å². The van der Waals surface area contributed by atoms with Crippen molar-refractivity contribution in [1.29, 1.82) is 0 Å². The van der Waals surface area contributed by atoms with E-state index in [1.807, 2.05) is 78.9 Å². The molecule has 0 radical (unpaired) electrons. The summed E-state index contributed by atoms with van der Waals surface area (Å²) >= 11 is 0. The Hall–Kier alpha value is -6.28. The van der Waals surface area contributed by atoms with Gasteiger partial charge in [0.05, 0.1) is 106 Å². The number of benzene rings is 5. The Kier molecular flexibility index (Phi) is 24.6. The molecule has 1 aliphatic carbocycles. The summed E-state index contributed by atoms with van der Waals surface area (Å²) in [7, 11) is 0. The minimum absolute atomic E-state index is 0.101. The van der Waals surface area contributed by atoms with Crippen LogP contribution in [0.3, 0.4) is 0 Å². The molecule has 1 atom stereocenters. The smallest absolute Gasteiger partial charge is 0.407 e. The summed E-state index contributed by atoms with van der Waals surface area (Å²) in [6.07, 6.45) is -0.533. The van der Waals surface area contributed by atoms with E-state index in [1.165, 1.54) is 0 Å². The average molecular weight is 1020 g/mol. The van der Waals surface area contributed by atoms with Crippen molar-refractivity contribution in [2.45, 2.75) is 25.0 Å². The first-order valence-electron chi connectivity index (χ1n) is 25.3. The van der Waals surface area contributed by atoms with E-state index in [0.717, 1.165) is 27.8 Å². The highest BCUT2D eigenvalue weighted by molar-refractivity contribution is 5.82. The maximum absolute atomic E-state index is 13.9. The van der Waals surface area contributed by atoms with Gasteiger partial charge in [0.15, 0.2) is 0 Å². The quantitative estimate of drug-likeness (QED) is 0.154. The second-order valence-corrected chi connectivity index (χ2v) is 16.9. The number of amides is 1. The Bertz CT molecular complexity index is 2270. The number of hydrogen-bond acceptors (Lipinski definition) is 16. The van der Waals surface area contributed by atoms with Crippen molar-refractivity contribution < 1.29 is 75.9 Å². The molecule has 398 valence electrons. The zero-order valence-electron chi connectivity index (χ0n) is 42.0. The van der Waals surface area contributed by atoms with Crippen LogP contribution >= 0.6 is 0 Å². The predicted octanol–water partition coefficient (Wildman–Crippen LogP) is 7.24. The molecule has 0 spiro atoms. The lowest BCUT2D eigenvalue weighted by Crippen LogP contribution is -2.43. The fourth-order valence-corrected chi connectivity index (χ4v) is 8.01. The molecule has 74 heavy (non-hydrogen) atoms. The van der Waals surface area contributed by atoms with Gasteiger partial charge < -0.3 is 71.6 Å². The minimum atomic E-state index is -1.04. The summed E-state index contributed by atoms with van der Waals surface area (Å²) in [6.45, 7) is 7.60. The van der Waals surface area contributed by atoms with Crippen LogP contribution in [-0.4, -0.2) is 157 Å². The Labute approximate surface area is 433 Å². The lowest BCUT2D eigenvalue weighted by Gasteiger charge is -2.20. The summed E-state index contributed by atoms with van der Waals surface area (Å²) in [5, 5.41) is 2.78. The summed E-state index contributed by atoms with van der Waals surface area (Å²) in [6, 6.07) is 37.3. The molecular formula is C57H69NO16. The van der Waals surface area contributed by atoms with Crippen molar-refractivity contribution in [2.24, 2.45) is 0 Å². The van der Waals surface area contributed by atoms with Crippen LogP contribution in [0.2, 0.25) is 0 Å². The topological polar surface area (TPSA) is 175 Å². The van der Waals surface area contributed by atoms with Gasteiger partial charge in [0, 0.05) is 24.5 Å². The SMILES string of the molecule is O=C(N[C@@H](Cc1ccccc1)C(=O)OCc1cc2cc(c1)OCCOCCOCCOCCOCCOc1cccc(c1)OCCOCCOCCOCCOCCO2)OCC1c2ccccc2-c2ccccc21. The molecule has 17 heteroatoms. The third kappa shape index (κ3) is 19.9. The second-order valence-electron chi connectivity index (χ2n) is 16.9. The van der Waals surface area contributed by atoms with Crippen LogP contribution in [0.15, 0.2) is 121 Å². The Balaban J connectivity index is 0.883. The largest absolute Gasteiger partial charge is 0.491 e. The predicted molar refractivity (Wildman–Crippen MR) is 273 cm³/mol. The van der Waals surface area contributed by atoms with Crippen LogP contribution in [0.1, 0.15) is 28.2 Å². The van der Waals surface area contributed by atoms with E-state index in [9.17, 15) is 9.59 Å². The zero-order chi connectivity index (χ0) is 51.1. The van der Waals surface area contributed by atoms with Crippen LogP contribution < -0.4 is 24.3 Å². The first-order chi connectivity index (χ1) is 36.6. The molecule has 1 heterocycles. The van der Waals surface area contributed by atoms with E-state index in [2.05, 4.69) is 29.6 Å². The van der Waals surface area contributed by atoms with E-state index in [0.29, 0.717) is 147 Å². The molecule has 0 saturated heterocycles. The number of hydrogen-bond donors (Lipinski definition) is 1. The third-order valence-corrected chi connectivity index (χ3v) is 11.5. The third-order valence-electron chi connectivity index (χ3n) is 11.5. The van der Waals surface area contributed by atoms with Gasteiger partial charge in [0.1, 0.15) is 68.7 Å². The van der Waals surface area contributed by atoms with Crippen LogP contribution in [0, 0.1) is 0 Å². The van der Waals surface area contributed by atoms with Gasteiger partial charge in [-0.2, -0.15) is 0 Å². The lowest BCUT2D eigenvalue weighted by molar-refractivity contribution is -0.147. The van der Waals surface area contributed by atoms with E-state index < -0.39 is 18.1 Å². The van der Waals surface area contributed by atoms with Gasteiger partial charge in [-0.15, -0.1) is 0 Å². The van der Waals surface area contributed by atoms with Crippen LogP contribution in [0.25, 0.3) is 11.1 Å². The standard InChI is InChI=1S/C57H69NO16/c59-56(55(39-44-9-2-1-3-10-44)58-57(60)74-43-54-52-15-6-4-13-50(52)51-14-5-7-16-53(51)54)73-42-45-37-48-41-49(38-45)72-36-32-68-28-24-64-20-18-62-22-26-66-30-34-70-47-12-8-11-46(40-47)69-33-29-65-25-21-61-17-19-63-23-27-67-31-35-71-48/h1-16,37-38,40-41,54-55H,17-36,39,42-43H2,(H,58,60)/t55-/m0/s1. The normalized spacial score (nSPS) is 17.4. The van der Waals surface area contributed by atoms with E-state index >= 15 is 0 Å². The summed E-state index contributed by atoms with van der Waals surface area (Å²) < 4.78 is 80.7. The number of ether oxygens (including phenoxy) is 14. The number of alkyl carbamates (subject to hydrolysis) is 1. The van der Waals surface area contributed by atoms with Crippen molar-refractivity contribution in [3.8, 4) is 34.1 Å². The first-order valence-corrected chi connectivity index (χ1v) is 25.3. The molecular weight excluding hydrogens is 955 g/mol. The average Bonchev–Trinajstić information content (AvgIpc) is 3.74. The van der Waals surface area contributed by atoms with Crippen molar-refractivity contribution in [1.82, 2.24) is 5.32 Å². The first kappa shape index (κ1) is 55.5. The monoisotopic (exact) mass is 1020 g/mol. The van der Waals surface area contributed by atoms with Crippen molar-refractivity contribution >= 4 is 12.1 Å². The molecule has 0 saturated carbocycles. The second kappa shape index (κ2) is 32.8. The summed E-state index contributed by atoms with van der Waals surface area (Å²) in [5.74, 6) is 1.59. The molecule has 0 unspecified atom stereocenters. The fourth-order valence-electron chi connectivity index (χ4n) is 8.01. The van der Waals surface area contributed by atoms with E-state index in [1.54, 1.807) is 18.2 Å². The van der Waals surface area contributed by atoms with Crippen LogP contribution in [-0.2, 0) is 65.2 Å². The lowest BCUT2D eigenvalue weighted by atomic mass is 9.98. The molecule has 7 rings (SSSR count). The highest BCUT2D eigenvalue weighted by atomic mass is 16.6. The molecule has 0 fully saturated rings. The molecule has 0 aromatic heterocycles. The highest BCUT2D eigenvalue weighted by Gasteiger charge is 2.30. The zero-order valence-corrected chi connectivity index (χ0v) is 42.0. The number of carbonyl (C=O) groups excluding carboxylic acids is 2. The van der Waals surface area contributed by atoms with Gasteiger partial charge in [-0.25, -0.2) is 9.59 Å². The Morgan fingerprint density at radius 1 is 0.419 bits per heavy atom. The molecule has 1 N–H and O–H groups in total. The summed E-state index contributed by atoms with van der Waals surface area (Å²) in [5.41, 5.74) is 5.86. The van der Waals surface area contributed by atoms with Gasteiger partial charge >= 0.3 is 12.1 Å². The summed E-state index contributed by atoms with van der Waals surface area (Å²) in [4.78, 5) is 27.3. The van der Waals surface area contributed by atoms with E-state index in [-0.39, 0.29) is 38.8 Å². The molecule has 5 aromatic rings.